The quantitative estimate of drug-likeness (QED) is 0.368. The Morgan fingerprint density at radius 3 is 2.59 bits per heavy atom. The Bertz CT molecular complexity index is 958. The average Bonchev–Trinajstić information content (AvgIpc) is 3.19. The van der Waals surface area contributed by atoms with Gasteiger partial charge in [0, 0.05) is 6.42 Å². The molecule has 6 heteroatoms. The van der Waals surface area contributed by atoms with Gasteiger partial charge in [-0.25, -0.2) is 8.42 Å². The summed E-state index contributed by atoms with van der Waals surface area (Å²) in [5.74, 6) is 0.320. The molecule has 0 saturated heterocycles. The number of aliphatic hydroxyl groups excluding tert-OH is 1. The largest absolute Gasteiger partial charge is 0.393 e. The second kappa shape index (κ2) is 10.8. The summed E-state index contributed by atoms with van der Waals surface area (Å²) in [5.41, 5.74) is 4.86. The second-order valence-electron chi connectivity index (χ2n) is 11.3. The van der Waals surface area contributed by atoms with Crippen LogP contribution in [0.25, 0.3) is 0 Å². The Hall–Kier alpha value is -1.27. The van der Waals surface area contributed by atoms with Gasteiger partial charge in [0.25, 0.3) is 0 Å². The first kappa shape index (κ1) is 27.3. The molecule has 5 atom stereocenters. The third-order valence-corrected chi connectivity index (χ3v) is 10.3. The van der Waals surface area contributed by atoms with E-state index in [0.29, 0.717) is 24.2 Å². The lowest BCUT2D eigenvalue weighted by Gasteiger charge is -2.38. The molecule has 192 valence electrons. The van der Waals surface area contributed by atoms with Crippen LogP contribution in [0.4, 0.5) is 8.78 Å². The van der Waals surface area contributed by atoms with Crippen LogP contribution in [0.5, 0.6) is 0 Å². The number of rotatable bonds is 8. The van der Waals surface area contributed by atoms with Crippen LogP contribution in [-0.2, 0) is 9.84 Å². The number of hydrogen-bond donors (Lipinski definition) is 1. The molecule has 3 nitrogen and oxygen atoms in total. The zero-order chi connectivity index (χ0) is 25.3. The van der Waals surface area contributed by atoms with Gasteiger partial charge in [-0.1, -0.05) is 69.2 Å². The van der Waals surface area contributed by atoms with Crippen LogP contribution in [-0.4, -0.2) is 30.6 Å². The van der Waals surface area contributed by atoms with E-state index in [4.69, 9.17) is 0 Å². The first-order chi connectivity index (χ1) is 15.8. The molecule has 0 radical (unpaired) electrons. The fraction of sp³-hybridized carbons (Fsp3) is 0.714. The summed E-state index contributed by atoms with van der Waals surface area (Å²) in [6.45, 7) is 11.7. The van der Waals surface area contributed by atoms with E-state index in [0.717, 1.165) is 43.3 Å². The number of alkyl halides is 2. The molecule has 5 unspecified atom stereocenters. The summed E-state index contributed by atoms with van der Waals surface area (Å²) in [4.78, 5) is 0. The molecule has 0 heterocycles. The Morgan fingerprint density at radius 1 is 1.21 bits per heavy atom. The van der Waals surface area contributed by atoms with Gasteiger partial charge in [0.15, 0.2) is 0 Å². The highest BCUT2D eigenvalue weighted by Gasteiger charge is 2.46. The molecule has 0 aromatic heterocycles. The van der Waals surface area contributed by atoms with Crippen LogP contribution in [0.15, 0.2) is 47.1 Å². The van der Waals surface area contributed by atoms with Crippen LogP contribution in [0.3, 0.4) is 0 Å². The summed E-state index contributed by atoms with van der Waals surface area (Å²) in [7, 11) is -4.44. The third-order valence-electron chi connectivity index (χ3n) is 8.04. The molecular formula is C28H42F2O3S. The maximum Gasteiger partial charge on any atom is 0.345 e. The van der Waals surface area contributed by atoms with E-state index in [9.17, 15) is 22.3 Å². The Balaban J connectivity index is 1.69. The zero-order valence-corrected chi connectivity index (χ0v) is 22.0. The number of allylic oxidation sites excluding steroid dienone is 6. The fourth-order valence-electron chi connectivity index (χ4n) is 6.04. The van der Waals surface area contributed by atoms with Crippen molar-refractivity contribution in [2.45, 2.75) is 90.4 Å². The zero-order valence-electron chi connectivity index (χ0n) is 21.2. The normalized spacial score (nSPS) is 31.8. The van der Waals surface area contributed by atoms with Gasteiger partial charge in [-0.2, -0.15) is 8.78 Å². The molecule has 0 aliphatic heterocycles. The van der Waals surface area contributed by atoms with Gasteiger partial charge in [0.2, 0.25) is 9.84 Å². The summed E-state index contributed by atoms with van der Waals surface area (Å²) in [6, 6.07) is 0. The van der Waals surface area contributed by atoms with Gasteiger partial charge in [-0.3, -0.25) is 0 Å². The monoisotopic (exact) mass is 496 g/mol. The van der Waals surface area contributed by atoms with Crippen LogP contribution in [0, 0.1) is 29.6 Å². The highest BCUT2D eigenvalue weighted by Crippen LogP contribution is 2.51. The number of halogens is 2. The van der Waals surface area contributed by atoms with Gasteiger partial charge < -0.3 is 5.11 Å². The summed E-state index contributed by atoms with van der Waals surface area (Å²) >= 11 is 0. The Morgan fingerprint density at radius 2 is 1.91 bits per heavy atom. The minimum Gasteiger partial charge on any atom is -0.393 e. The van der Waals surface area contributed by atoms with Crippen molar-refractivity contribution in [1.29, 1.82) is 0 Å². The van der Waals surface area contributed by atoms with Gasteiger partial charge in [-0.15, -0.1) is 0 Å². The van der Waals surface area contributed by atoms with Gasteiger partial charge in [0.05, 0.1) is 11.9 Å². The van der Waals surface area contributed by atoms with Crippen LogP contribution >= 0.6 is 0 Å². The maximum absolute atomic E-state index is 14.6. The Labute approximate surface area is 205 Å². The molecule has 0 amide bonds. The van der Waals surface area contributed by atoms with E-state index in [1.807, 2.05) is 6.92 Å². The molecule has 2 fully saturated rings. The molecule has 3 aliphatic carbocycles. The van der Waals surface area contributed by atoms with Gasteiger partial charge in [-0.05, 0) is 80.1 Å². The molecule has 2 saturated carbocycles. The number of sulfone groups is 1. The third kappa shape index (κ3) is 6.10. The van der Waals surface area contributed by atoms with Crippen LogP contribution in [0.1, 0.15) is 79.1 Å². The van der Waals surface area contributed by atoms with Crippen molar-refractivity contribution >= 4 is 9.84 Å². The molecular weight excluding hydrogens is 454 g/mol. The standard InChI is InChI=1S/C28H42F2O3S/c1-18(2)17-34(32,33)28(29,30)15-14-20(4)25-12-13-26-22(8-6-21(5)27(25)26)9-10-23-16-24(31)11-7-19(23)3/h9-10,12,18,20-21,24,26-27,31H,3,6-8,11,13-17H2,1-2,4-5H3. The molecule has 3 rings (SSSR count). The lowest BCUT2D eigenvalue weighted by molar-refractivity contribution is 0.0752. The molecule has 3 aliphatic rings. The highest BCUT2D eigenvalue weighted by molar-refractivity contribution is 7.92. The summed E-state index contributed by atoms with van der Waals surface area (Å²) in [6.07, 6.45) is 11.1. The SMILES string of the molecule is C=C1CCC(O)CC1=CC=C1CCC(C)C2C(C(C)CCC(F)(F)S(=O)(=O)CC(C)C)=CCC12. The minimum atomic E-state index is -4.44. The van der Waals surface area contributed by atoms with Gasteiger partial charge >= 0.3 is 5.25 Å². The van der Waals surface area contributed by atoms with Crippen LogP contribution < -0.4 is 0 Å². The summed E-state index contributed by atoms with van der Waals surface area (Å²) < 4.78 is 53.5. The van der Waals surface area contributed by atoms with E-state index < -0.39 is 27.3 Å². The van der Waals surface area contributed by atoms with Crippen molar-refractivity contribution < 1.29 is 22.3 Å². The number of aliphatic hydroxyl groups is 1. The maximum atomic E-state index is 14.6. The molecule has 34 heavy (non-hydrogen) atoms. The minimum absolute atomic E-state index is 0.0662. The summed E-state index contributed by atoms with van der Waals surface area (Å²) in [5, 5.41) is 6.34. The Kier molecular flexibility index (Phi) is 8.66. The van der Waals surface area contributed by atoms with E-state index in [2.05, 4.69) is 31.7 Å². The second-order valence-corrected chi connectivity index (χ2v) is 13.4. The predicted octanol–water partition coefficient (Wildman–Crippen LogP) is 7.01. The smallest absolute Gasteiger partial charge is 0.345 e. The van der Waals surface area contributed by atoms with E-state index in [1.54, 1.807) is 13.8 Å². The van der Waals surface area contributed by atoms with Gasteiger partial charge in [0.1, 0.15) is 0 Å². The van der Waals surface area contributed by atoms with E-state index >= 15 is 0 Å². The predicted molar refractivity (Wildman–Crippen MR) is 135 cm³/mol. The van der Waals surface area contributed by atoms with Crippen molar-refractivity contribution in [3.63, 3.8) is 0 Å². The van der Waals surface area contributed by atoms with Crippen molar-refractivity contribution in [3.8, 4) is 0 Å². The topological polar surface area (TPSA) is 54.4 Å². The first-order valence-electron chi connectivity index (χ1n) is 12.9. The van der Waals surface area contributed by atoms with E-state index in [-0.39, 0.29) is 24.4 Å². The molecule has 0 spiro atoms. The lowest BCUT2D eigenvalue weighted by Crippen LogP contribution is -2.34. The average molecular weight is 497 g/mol. The van der Waals surface area contributed by atoms with Crippen molar-refractivity contribution in [2.24, 2.45) is 29.6 Å². The molecule has 0 aromatic rings. The fourth-order valence-corrected chi connectivity index (χ4v) is 7.59. The molecule has 0 aromatic carbocycles. The van der Waals surface area contributed by atoms with E-state index in [1.165, 1.54) is 11.1 Å². The number of hydrogen-bond acceptors (Lipinski definition) is 3. The first-order valence-corrected chi connectivity index (χ1v) is 14.5. The number of fused-ring (bicyclic) bond motifs is 1. The lowest BCUT2D eigenvalue weighted by atomic mass is 9.67. The van der Waals surface area contributed by atoms with Crippen molar-refractivity contribution in [2.75, 3.05) is 5.75 Å². The molecule has 0 bridgehead atoms. The van der Waals surface area contributed by atoms with Crippen molar-refractivity contribution in [1.82, 2.24) is 0 Å². The highest BCUT2D eigenvalue weighted by atomic mass is 32.2. The van der Waals surface area contributed by atoms with Crippen molar-refractivity contribution in [3.05, 3.63) is 47.1 Å². The van der Waals surface area contributed by atoms with Crippen LogP contribution in [0.2, 0.25) is 0 Å². The molecule has 1 N–H and O–H groups in total.